The van der Waals surface area contributed by atoms with E-state index < -0.39 is 0 Å². The molecule has 0 spiro atoms. The number of nitrogens with one attached hydrogen (secondary N) is 1. The molecular weight excluding hydrogens is 226 g/mol. The van der Waals surface area contributed by atoms with E-state index in [9.17, 15) is 4.79 Å². The minimum Gasteiger partial charge on any atom is -0.463 e. The highest BCUT2D eigenvalue weighted by molar-refractivity contribution is 5.87. The quantitative estimate of drug-likeness (QED) is 0.620. The van der Waals surface area contributed by atoms with Gasteiger partial charge in [0.2, 0.25) is 0 Å². The number of ether oxygens (including phenoxy) is 1. The second kappa shape index (κ2) is 7.67. The molecule has 98 valence electrons. The Hall–Kier alpha value is -1.61. The fourth-order valence-electron chi connectivity index (χ4n) is 1.62. The normalized spacial score (nSPS) is 13.2. The van der Waals surface area contributed by atoms with E-state index in [1.807, 2.05) is 38.1 Å². The third kappa shape index (κ3) is 5.15. The molecule has 1 rings (SSSR count). The minimum atomic E-state index is -0.245. The molecule has 18 heavy (non-hydrogen) atoms. The van der Waals surface area contributed by atoms with Crippen LogP contribution in [0.2, 0.25) is 0 Å². The Morgan fingerprint density at radius 3 is 2.67 bits per heavy atom. The molecule has 0 saturated carbocycles. The monoisotopic (exact) mass is 247 g/mol. The summed E-state index contributed by atoms with van der Waals surface area (Å²) in [5.41, 5.74) is 1.87. The lowest BCUT2D eigenvalue weighted by Crippen LogP contribution is -2.24. The highest BCUT2D eigenvalue weighted by atomic mass is 16.5. The molecule has 0 heterocycles. The van der Waals surface area contributed by atoms with Gasteiger partial charge in [0.1, 0.15) is 0 Å². The highest BCUT2D eigenvalue weighted by Gasteiger charge is 2.06. The second-order valence-corrected chi connectivity index (χ2v) is 4.23. The van der Waals surface area contributed by atoms with Gasteiger partial charge < -0.3 is 10.1 Å². The van der Waals surface area contributed by atoms with Gasteiger partial charge in [0.15, 0.2) is 0 Å². The van der Waals surface area contributed by atoms with E-state index in [0.29, 0.717) is 12.2 Å². The van der Waals surface area contributed by atoms with Crippen LogP contribution < -0.4 is 5.32 Å². The van der Waals surface area contributed by atoms with Crippen LogP contribution in [0, 0.1) is 0 Å². The molecule has 3 nitrogen and oxygen atoms in total. The number of hydrogen-bond donors (Lipinski definition) is 1. The Kier molecular flexibility index (Phi) is 6.15. The lowest BCUT2D eigenvalue weighted by molar-refractivity contribution is -0.138. The van der Waals surface area contributed by atoms with Crippen molar-refractivity contribution in [2.45, 2.75) is 33.4 Å². The molecule has 1 aromatic rings. The van der Waals surface area contributed by atoms with E-state index in [2.05, 4.69) is 17.4 Å². The third-order valence-electron chi connectivity index (χ3n) is 2.57. The Morgan fingerprint density at radius 2 is 2.06 bits per heavy atom. The lowest BCUT2D eigenvalue weighted by Gasteiger charge is -2.11. The Labute approximate surface area is 109 Å². The van der Waals surface area contributed by atoms with Crippen LogP contribution in [0.25, 0.3) is 0 Å². The van der Waals surface area contributed by atoms with Crippen molar-refractivity contribution in [3.05, 3.63) is 47.5 Å². The Bertz CT molecular complexity index is 398. The average Bonchev–Trinajstić information content (AvgIpc) is 2.38. The molecule has 0 amide bonds. The van der Waals surface area contributed by atoms with E-state index in [-0.39, 0.29) is 12.0 Å². The molecule has 1 N–H and O–H groups in total. The molecule has 0 aliphatic carbocycles. The number of benzene rings is 1. The first-order chi connectivity index (χ1) is 8.63. The summed E-state index contributed by atoms with van der Waals surface area (Å²) >= 11 is 0. The minimum absolute atomic E-state index is 0.134. The zero-order valence-electron chi connectivity index (χ0n) is 11.3. The zero-order valence-corrected chi connectivity index (χ0v) is 11.3. The highest BCUT2D eigenvalue weighted by Crippen LogP contribution is 2.02. The van der Waals surface area contributed by atoms with Gasteiger partial charge in [-0.15, -0.1) is 0 Å². The number of carbonyl (C=O) groups is 1. The van der Waals surface area contributed by atoms with Crippen LogP contribution >= 0.6 is 0 Å². The molecule has 0 radical (unpaired) electrons. The maximum absolute atomic E-state index is 11.4. The van der Waals surface area contributed by atoms with Gasteiger partial charge >= 0.3 is 5.97 Å². The summed E-state index contributed by atoms with van der Waals surface area (Å²) in [4.78, 5) is 11.4. The molecule has 3 heteroatoms. The van der Waals surface area contributed by atoms with E-state index in [1.54, 1.807) is 6.92 Å². The number of esters is 1. The van der Waals surface area contributed by atoms with Crippen LogP contribution in [0.15, 0.2) is 42.0 Å². The van der Waals surface area contributed by atoms with Crippen molar-refractivity contribution in [1.82, 2.24) is 5.32 Å². The van der Waals surface area contributed by atoms with Crippen molar-refractivity contribution in [3.63, 3.8) is 0 Å². The summed E-state index contributed by atoms with van der Waals surface area (Å²) in [6, 6.07) is 10.3. The largest absolute Gasteiger partial charge is 0.463 e. The predicted octanol–water partition coefficient (Wildman–Crippen LogP) is 2.67. The van der Waals surface area contributed by atoms with Crippen molar-refractivity contribution < 1.29 is 9.53 Å². The fraction of sp³-hybridized carbons (Fsp3) is 0.400. The Balaban J connectivity index is 2.43. The maximum atomic E-state index is 11.4. The maximum Gasteiger partial charge on any atom is 0.333 e. The van der Waals surface area contributed by atoms with Crippen molar-refractivity contribution in [3.8, 4) is 0 Å². The summed E-state index contributed by atoms with van der Waals surface area (Å²) in [5, 5.41) is 3.34. The summed E-state index contributed by atoms with van der Waals surface area (Å²) in [7, 11) is 0. The molecule has 0 saturated heterocycles. The lowest BCUT2D eigenvalue weighted by atomic mass is 10.2. The van der Waals surface area contributed by atoms with E-state index >= 15 is 0 Å². The van der Waals surface area contributed by atoms with Gasteiger partial charge in [0.25, 0.3) is 0 Å². The summed E-state index contributed by atoms with van der Waals surface area (Å²) in [6.07, 6.45) is 1.89. The molecule has 1 atom stereocenters. The first-order valence-electron chi connectivity index (χ1n) is 6.26. The van der Waals surface area contributed by atoms with Crippen LogP contribution in [-0.2, 0) is 16.1 Å². The number of carbonyl (C=O) groups excluding carboxylic acids is 1. The topological polar surface area (TPSA) is 38.3 Å². The second-order valence-electron chi connectivity index (χ2n) is 4.23. The van der Waals surface area contributed by atoms with Crippen molar-refractivity contribution in [2.75, 3.05) is 6.61 Å². The number of rotatable bonds is 6. The Morgan fingerprint density at radius 1 is 1.39 bits per heavy atom. The van der Waals surface area contributed by atoms with Gasteiger partial charge in [0, 0.05) is 18.2 Å². The van der Waals surface area contributed by atoms with Crippen LogP contribution in [0.5, 0.6) is 0 Å². The van der Waals surface area contributed by atoms with Crippen molar-refractivity contribution in [2.24, 2.45) is 0 Å². The molecule has 0 fully saturated rings. The zero-order chi connectivity index (χ0) is 13.4. The van der Waals surface area contributed by atoms with E-state index in [1.165, 1.54) is 5.56 Å². The van der Waals surface area contributed by atoms with Crippen LogP contribution in [0.4, 0.5) is 0 Å². The molecule has 1 unspecified atom stereocenters. The van der Waals surface area contributed by atoms with Gasteiger partial charge in [-0.2, -0.15) is 0 Å². The third-order valence-corrected chi connectivity index (χ3v) is 2.57. The fourth-order valence-corrected chi connectivity index (χ4v) is 1.62. The predicted molar refractivity (Wildman–Crippen MR) is 73.1 cm³/mol. The molecule has 0 bridgehead atoms. The van der Waals surface area contributed by atoms with Crippen LogP contribution in [0.1, 0.15) is 26.3 Å². The van der Waals surface area contributed by atoms with Crippen molar-refractivity contribution in [1.29, 1.82) is 0 Å². The summed E-state index contributed by atoms with van der Waals surface area (Å²) < 4.78 is 4.93. The standard InChI is InChI=1S/C15H21NO2/c1-4-18-15(17)12(2)10-13(3)16-11-14-8-6-5-7-9-14/h5-10,13,16H,4,11H2,1-3H3/b12-10+. The van der Waals surface area contributed by atoms with Gasteiger partial charge in [-0.3, -0.25) is 0 Å². The first kappa shape index (κ1) is 14.5. The average molecular weight is 247 g/mol. The van der Waals surface area contributed by atoms with Gasteiger partial charge in [-0.1, -0.05) is 36.4 Å². The van der Waals surface area contributed by atoms with E-state index in [0.717, 1.165) is 6.54 Å². The molecule has 0 aliphatic heterocycles. The molecule has 0 aliphatic rings. The molecule has 1 aromatic carbocycles. The van der Waals surface area contributed by atoms with Gasteiger partial charge in [-0.25, -0.2) is 4.79 Å². The summed E-state index contributed by atoms with van der Waals surface area (Å²) in [6.45, 7) is 6.80. The first-order valence-corrected chi connectivity index (χ1v) is 6.26. The smallest absolute Gasteiger partial charge is 0.333 e. The van der Waals surface area contributed by atoms with Gasteiger partial charge in [0.05, 0.1) is 6.61 Å². The summed E-state index contributed by atoms with van der Waals surface area (Å²) in [5.74, 6) is -0.245. The van der Waals surface area contributed by atoms with Gasteiger partial charge in [-0.05, 0) is 26.3 Å². The van der Waals surface area contributed by atoms with Crippen LogP contribution in [0.3, 0.4) is 0 Å². The van der Waals surface area contributed by atoms with Crippen LogP contribution in [-0.4, -0.2) is 18.6 Å². The van der Waals surface area contributed by atoms with Crippen molar-refractivity contribution >= 4 is 5.97 Å². The SMILES string of the molecule is CCOC(=O)/C(C)=C/C(C)NCc1ccccc1. The number of hydrogen-bond acceptors (Lipinski definition) is 3. The molecular formula is C15H21NO2. The molecule has 0 aromatic heterocycles. The van der Waals surface area contributed by atoms with E-state index in [4.69, 9.17) is 4.74 Å².